The van der Waals surface area contributed by atoms with Gasteiger partial charge < -0.3 is 11.1 Å². The Hall–Kier alpha value is -2.51. The van der Waals surface area contributed by atoms with Crippen LogP contribution in [-0.2, 0) is 7.05 Å². The Balaban J connectivity index is 2.33. The van der Waals surface area contributed by atoms with Crippen molar-refractivity contribution >= 4 is 17.4 Å². The maximum atomic E-state index is 13.1. The highest BCUT2D eigenvalue weighted by Crippen LogP contribution is 2.22. The summed E-state index contributed by atoms with van der Waals surface area (Å²) in [7, 11) is 1.55. The summed E-state index contributed by atoms with van der Waals surface area (Å²) in [4.78, 5) is 11.9. The first-order chi connectivity index (χ1) is 9.31. The molecule has 5 nitrogen and oxygen atoms in total. The molecular formula is C12H11F3N4O. The van der Waals surface area contributed by atoms with Crippen molar-refractivity contribution in [2.45, 2.75) is 6.92 Å². The highest BCUT2D eigenvalue weighted by Gasteiger charge is 2.18. The summed E-state index contributed by atoms with van der Waals surface area (Å²) in [6.45, 7) is 1.64. The van der Waals surface area contributed by atoms with Crippen molar-refractivity contribution < 1.29 is 18.0 Å². The number of benzene rings is 1. The number of aryl methyl sites for hydroxylation is 2. The van der Waals surface area contributed by atoms with Crippen LogP contribution in [0.25, 0.3) is 0 Å². The van der Waals surface area contributed by atoms with E-state index in [1.165, 1.54) is 4.68 Å². The van der Waals surface area contributed by atoms with Gasteiger partial charge in [0.05, 0.1) is 11.4 Å². The molecular weight excluding hydrogens is 273 g/mol. The van der Waals surface area contributed by atoms with E-state index in [-0.39, 0.29) is 17.1 Å². The second-order valence-corrected chi connectivity index (χ2v) is 4.18. The zero-order valence-electron chi connectivity index (χ0n) is 10.7. The summed E-state index contributed by atoms with van der Waals surface area (Å²) in [6, 6.07) is 1.21. The Morgan fingerprint density at radius 3 is 2.30 bits per heavy atom. The minimum Gasteiger partial charge on any atom is -0.394 e. The van der Waals surface area contributed by atoms with Gasteiger partial charge in [-0.15, -0.1) is 0 Å². The molecule has 0 fully saturated rings. The predicted octanol–water partition coefficient (Wildman–Crippen LogP) is 1.98. The van der Waals surface area contributed by atoms with Crippen LogP contribution in [0.2, 0.25) is 0 Å². The van der Waals surface area contributed by atoms with Crippen molar-refractivity contribution in [3.8, 4) is 0 Å². The summed E-state index contributed by atoms with van der Waals surface area (Å²) in [5.74, 6) is -5.14. The van der Waals surface area contributed by atoms with Gasteiger partial charge in [0.15, 0.2) is 23.3 Å². The standard InChI is InChI=1S/C12H11F3N4O/c1-5-10(16)11(19(2)18-5)17-12(20)6-3-7(13)9(15)8(14)4-6/h3-4H,16H2,1-2H3,(H,17,20). The number of hydrogen-bond acceptors (Lipinski definition) is 3. The minimum atomic E-state index is -1.63. The molecule has 0 aliphatic carbocycles. The first kappa shape index (κ1) is 13.9. The average molecular weight is 284 g/mol. The Morgan fingerprint density at radius 1 is 1.30 bits per heavy atom. The van der Waals surface area contributed by atoms with Crippen LogP contribution in [0, 0.1) is 24.4 Å². The van der Waals surface area contributed by atoms with E-state index in [1.54, 1.807) is 14.0 Å². The maximum absolute atomic E-state index is 13.1. The van der Waals surface area contributed by atoms with Gasteiger partial charge in [0.2, 0.25) is 0 Å². The highest BCUT2D eigenvalue weighted by molar-refractivity contribution is 6.05. The quantitative estimate of drug-likeness (QED) is 0.828. The number of carbonyl (C=O) groups excluding carboxylic acids is 1. The molecule has 20 heavy (non-hydrogen) atoms. The van der Waals surface area contributed by atoms with Gasteiger partial charge in [-0.3, -0.25) is 9.48 Å². The van der Waals surface area contributed by atoms with Crippen molar-refractivity contribution in [2.75, 3.05) is 11.1 Å². The van der Waals surface area contributed by atoms with Gasteiger partial charge in [0.1, 0.15) is 0 Å². The van der Waals surface area contributed by atoms with Crippen molar-refractivity contribution in [3.05, 3.63) is 40.8 Å². The molecule has 0 bridgehead atoms. The van der Waals surface area contributed by atoms with Crippen LogP contribution in [0.15, 0.2) is 12.1 Å². The molecule has 0 radical (unpaired) electrons. The third kappa shape index (κ3) is 2.31. The fraction of sp³-hybridized carbons (Fsp3) is 0.167. The fourth-order valence-electron chi connectivity index (χ4n) is 1.69. The number of rotatable bonds is 2. The molecule has 1 amide bonds. The summed E-state index contributed by atoms with van der Waals surface area (Å²) < 4.78 is 40.3. The Morgan fingerprint density at radius 2 is 1.85 bits per heavy atom. The third-order valence-electron chi connectivity index (χ3n) is 2.75. The van der Waals surface area contributed by atoms with Crippen molar-refractivity contribution in [1.82, 2.24) is 9.78 Å². The van der Waals surface area contributed by atoms with Crippen LogP contribution in [-0.4, -0.2) is 15.7 Å². The van der Waals surface area contributed by atoms with Gasteiger partial charge >= 0.3 is 0 Å². The Bertz CT molecular complexity index is 673. The van der Waals surface area contributed by atoms with Crippen molar-refractivity contribution in [3.63, 3.8) is 0 Å². The van der Waals surface area contributed by atoms with Crippen LogP contribution < -0.4 is 11.1 Å². The molecule has 0 unspecified atom stereocenters. The highest BCUT2D eigenvalue weighted by atomic mass is 19.2. The maximum Gasteiger partial charge on any atom is 0.257 e. The van der Waals surface area contributed by atoms with Gasteiger partial charge in [-0.05, 0) is 19.1 Å². The Labute approximate surface area is 112 Å². The van der Waals surface area contributed by atoms with Crippen molar-refractivity contribution in [1.29, 1.82) is 0 Å². The number of hydrogen-bond donors (Lipinski definition) is 2. The topological polar surface area (TPSA) is 72.9 Å². The monoisotopic (exact) mass is 284 g/mol. The second-order valence-electron chi connectivity index (χ2n) is 4.18. The molecule has 0 atom stereocenters. The summed E-state index contributed by atoms with van der Waals surface area (Å²) >= 11 is 0. The largest absolute Gasteiger partial charge is 0.394 e. The van der Waals surface area contributed by atoms with E-state index < -0.39 is 23.4 Å². The summed E-state index contributed by atoms with van der Waals surface area (Å²) in [5, 5.41) is 6.35. The number of amides is 1. The number of aromatic nitrogens is 2. The van der Waals surface area contributed by atoms with Crippen LogP contribution in [0.5, 0.6) is 0 Å². The Kier molecular flexibility index (Phi) is 3.39. The molecule has 0 spiro atoms. The average Bonchev–Trinajstić information content (AvgIpc) is 2.62. The second kappa shape index (κ2) is 4.87. The molecule has 2 aromatic rings. The van der Waals surface area contributed by atoms with E-state index in [0.717, 1.165) is 0 Å². The van der Waals surface area contributed by atoms with Crippen molar-refractivity contribution in [2.24, 2.45) is 7.05 Å². The lowest BCUT2D eigenvalue weighted by atomic mass is 10.2. The zero-order valence-corrected chi connectivity index (χ0v) is 10.7. The van der Waals surface area contributed by atoms with E-state index in [0.29, 0.717) is 17.8 Å². The third-order valence-corrected chi connectivity index (χ3v) is 2.75. The first-order valence-electron chi connectivity index (χ1n) is 5.56. The van der Waals surface area contributed by atoms with Gasteiger partial charge in [-0.25, -0.2) is 13.2 Å². The molecule has 1 heterocycles. The number of nitrogens with two attached hydrogens (primary N) is 1. The van der Waals surface area contributed by atoms with Crippen LogP contribution in [0.3, 0.4) is 0 Å². The molecule has 1 aromatic heterocycles. The van der Waals surface area contributed by atoms with E-state index in [1.807, 2.05) is 0 Å². The molecule has 1 aromatic carbocycles. The molecule has 106 valence electrons. The normalized spacial score (nSPS) is 10.7. The van der Waals surface area contributed by atoms with Crippen LogP contribution >= 0.6 is 0 Å². The SMILES string of the molecule is Cc1nn(C)c(NC(=O)c2cc(F)c(F)c(F)c2)c1N. The number of anilines is 2. The van der Waals surface area contributed by atoms with E-state index >= 15 is 0 Å². The lowest BCUT2D eigenvalue weighted by molar-refractivity contribution is 0.102. The summed E-state index contributed by atoms with van der Waals surface area (Å²) in [6.07, 6.45) is 0. The van der Waals surface area contributed by atoms with E-state index in [9.17, 15) is 18.0 Å². The lowest BCUT2D eigenvalue weighted by Crippen LogP contribution is -2.16. The minimum absolute atomic E-state index is 0.192. The fourth-order valence-corrected chi connectivity index (χ4v) is 1.69. The van der Waals surface area contributed by atoms with E-state index in [2.05, 4.69) is 10.4 Å². The molecule has 8 heteroatoms. The molecule has 2 rings (SSSR count). The smallest absolute Gasteiger partial charge is 0.257 e. The van der Waals surface area contributed by atoms with E-state index in [4.69, 9.17) is 5.73 Å². The molecule has 0 saturated heterocycles. The predicted molar refractivity (Wildman–Crippen MR) is 66.6 cm³/mol. The molecule has 0 aliphatic rings. The van der Waals surface area contributed by atoms with Gasteiger partial charge in [-0.1, -0.05) is 0 Å². The summed E-state index contributed by atoms with van der Waals surface area (Å²) in [5.41, 5.74) is 6.09. The van der Waals surface area contributed by atoms with Gasteiger partial charge in [0.25, 0.3) is 5.91 Å². The number of nitrogens with one attached hydrogen (secondary N) is 1. The van der Waals surface area contributed by atoms with Gasteiger partial charge in [0, 0.05) is 12.6 Å². The molecule has 0 saturated carbocycles. The zero-order chi connectivity index (χ0) is 15.0. The number of nitrogen functional groups attached to an aromatic ring is 1. The lowest BCUT2D eigenvalue weighted by Gasteiger charge is -2.07. The molecule has 0 aliphatic heterocycles. The van der Waals surface area contributed by atoms with Crippen LogP contribution in [0.4, 0.5) is 24.7 Å². The number of halogens is 3. The van der Waals surface area contributed by atoms with Gasteiger partial charge in [-0.2, -0.15) is 5.10 Å². The number of nitrogens with zero attached hydrogens (tertiary/aromatic N) is 2. The molecule has 3 N–H and O–H groups in total. The first-order valence-corrected chi connectivity index (χ1v) is 5.56. The van der Waals surface area contributed by atoms with Crippen LogP contribution in [0.1, 0.15) is 16.1 Å². The number of carbonyl (C=O) groups is 1.